The third-order valence-corrected chi connectivity index (χ3v) is 9.40. The maximum Gasteiger partial charge on any atom is 0.294 e. The highest BCUT2D eigenvalue weighted by molar-refractivity contribution is 9.10. The summed E-state index contributed by atoms with van der Waals surface area (Å²) in [7, 11) is 3.73. The second-order valence-electron chi connectivity index (χ2n) is 11.4. The molecule has 2 aromatic carbocycles. The number of benzene rings is 2. The first kappa shape index (κ1) is 26.2. The summed E-state index contributed by atoms with van der Waals surface area (Å²) in [4.78, 5) is 25.9. The van der Waals surface area contributed by atoms with Gasteiger partial charge in [-0.2, -0.15) is 0 Å². The van der Waals surface area contributed by atoms with Crippen molar-refractivity contribution in [1.29, 1.82) is 0 Å². The minimum absolute atomic E-state index is 0.0411. The summed E-state index contributed by atoms with van der Waals surface area (Å²) < 4.78 is 8.85. The highest BCUT2D eigenvalue weighted by atomic mass is 79.9. The molecule has 0 amide bonds. The number of ether oxygens (including phenoxy) is 1. The summed E-state index contributed by atoms with van der Waals surface area (Å²) in [6, 6.07) is 12.6. The first-order chi connectivity index (χ1) is 19.9. The number of aromatic nitrogens is 3. The number of para-hydroxylation sites is 1. The molecule has 4 aromatic rings. The van der Waals surface area contributed by atoms with Gasteiger partial charge in [0.15, 0.2) is 0 Å². The first-order valence-electron chi connectivity index (χ1n) is 14.1. The first-order valence-corrected chi connectivity index (χ1v) is 14.9. The Morgan fingerprint density at radius 3 is 2.76 bits per heavy atom. The molecule has 1 aliphatic carbocycles. The highest BCUT2D eigenvalue weighted by Gasteiger charge is 2.39. The van der Waals surface area contributed by atoms with Crippen molar-refractivity contribution in [3.63, 3.8) is 0 Å². The fourth-order valence-electron chi connectivity index (χ4n) is 6.61. The Kier molecular flexibility index (Phi) is 6.58. The van der Waals surface area contributed by atoms with Crippen LogP contribution < -0.4 is 15.0 Å². The van der Waals surface area contributed by atoms with E-state index in [0.29, 0.717) is 41.1 Å². The van der Waals surface area contributed by atoms with E-state index in [4.69, 9.17) is 9.72 Å². The van der Waals surface area contributed by atoms with Crippen LogP contribution in [-0.4, -0.2) is 64.2 Å². The van der Waals surface area contributed by atoms with E-state index in [9.17, 15) is 10.1 Å². The van der Waals surface area contributed by atoms with Crippen molar-refractivity contribution in [3.05, 3.63) is 63.4 Å². The molecule has 0 unspecified atom stereocenters. The normalized spacial score (nSPS) is 20.8. The van der Waals surface area contributed by atoms with Gasteiger partial charge in [0.1, 0.15) is 11.4 Å². The Hall–Kier alpha value is -3.70. The van der Waals surface area contributed by atoms with Crippen molar-refractivity contribution in [3.8, 4) is 17.0 Å². The molecule has 2 atom stereocenters. The molecule has 1 saturated carbocycles. The van der Waals surface area contributed by atoms with E-state index < -0.39 is 0 Å². The Balaban J connectivity index is 1.24. The zero-order valence-electron chi connectivity index (χ0n) is 23.1. The van der Waals surface area contributed by atoms with Crippen LogP contribution in [0.5, 0.6) is 5.75 Å². The molecule has 212 valence electrons. The number of hydrogen-bond acceptors (Lipinski definition) is 8. The zero-order chi connectivity index (χ0) is 28.2. The maximum atomic E-state index is 12.3. The van der Waals surface area contributed by atoms with Crippen molar-refractivity contribution in [1.82, 2.24) is 19.4 Å². The van der Waals surface area contributed by atoms with Gasteiger partial charge in [-0.3, -0.25) is 10.1 Å². The van der Waals surface area contributed by atoms with E-state index in [2.05, 4.69) is 72.0 Å². The lowest BCUT2D eigenvalue weighted by Crippen LogP contribution is -2.42. The molecule has 10 nitrogen and oxygen atoms in total. The number of anilines is 3. The molecule has 0 spiro atoms. The number of piperidine rings is 1. The van der Waals surface area contributed by atoms with E-state index >= 15 is 0 Å². The van der Waals surface area contributed by atoms with Crippen LogP contribution in [0.1, 0.15) is 31.7 Å². The van der Waals surface area contributed by atoms with Gasteiger partial charge >= 0.3 is 0 Å². The van der Waals surface area contributed by atoms with Crippen molar-refractivity contribution in [2.45, 2.75) is 37.8 Å². The van der Waals surface area contributed by atoms with Gasteiger partial charge in [0.2, 0.25) is 5.95 Å². The molecule has 1 N–H and O–H groups in total. The van der Waals surface area contributed by atoms with Gasteiger partial charge in [-0.25, -0.2) is 9.97 Å². The van der Waals surface area contributed by atoms with Crippen molar-refractivity contribution < 1.29 is 9.66 Å². The van der Waals surface area contributed by atoms with Crippen LogP contribution >= 0.6 is 15.9 Å². The lowest BCUT2D eigenvalue weighted by Gasteiger charge is -2.33. The van der Waals surface area contributed by atoms with Crippen molar-refractivity contribution >= 4 is 49.8 Å². The highest BCUT2D eigenvalue weighted by Crippen LogP contribution is 2.44. The Morgan fingerprint density at radius 2 is 2.00 bits per heavy atom. The van der Waals surface area contributed by atoms with E-state index in [-0.39, 0.29) is 10.6 Å². The summed E-state index contributed by atoms with van der Waals surface area (Å²) in [5.74, 6) is 1.35. The van der Waals surface area contributed by atoms with Gasteiger partial charge in [-0.15, -0.1) is 0 Å². The van der Waals surface area contributed by atoms with Crippen molar-refractivity contribution in [2.24, 2.45) is 5.92 Å². The molecule has 2 aromatic heterocycles. The third-order valence-electron chi connectivity index (χ3n) is 8.82. The maximum absolute atomic E-state index is 12.3. The number of likely N-dealkylation sites (N-methyl/N-ethyl adjacent to an activating group) is 1. The number of nitrogens with one attached hydrogen (secondary N) is 1. The smallest absolute Gasteiger partial charge is 0.294 e. The number of nitro groups is 1. The van der Waals surface area contributed by atoms with Crippen LogP contribution in [0.3, 0.4) is 0 Å². The predicted octanol–water partition coefficient (Wildman–Crippen LogP) is 6.39. The Labute approximate surface area is 246 Å². The summed E-state index contributed by atoms with van der Waals surface area (Å²) in [5.41, 5.74) is 4.03. The molecular formula is C30H32BrN7O3. The molecule has 2 saturated heterocycles. The molecule has 7 rings (SSSR count). The Morgan fingerprint density at radius 1 is 1.17 bits per heavy atom. The fraction of sp³-hybridized carbons (Fsp3) is 0.400. The molecular weight excluding hydrogens is 586 g/mol. The van der Waals surface area contributed by atoms with Gasteiger partial charge in [0.25, 0.3) is 5.69 Å². The number of nitro benzene ring substituents is 1. The van der Waals surface area contributed by atoms with Gasteiger partial charge < -0.3 is 24.4 Å². The number of methoxy groups -OCH3 is 1. The number of fused-ring (bicyclic) bond motifs is 2. The standard InChI is InChI=1S/C30H32BrN7O3/c1-35-11-5-6-18-15-36(17-27(18)35)25-13-28(41-2)23(12-26(25)38(39)40)33-30-32-14-22(31)29(34-30)21-16-37(19-9-10-19)24-8-4-3-7-20(21)24/h3-4,7-8,12-14,16,18-19,27H,5-6,9-11,15,17H2,1-2H3,(H,32,33,34)/t18-,27+/m1/s1. The van der Waals surface area contributed by atoms with Crippen LogP contribution in [0.4, 0.5) is 23.0 Å². The zero-order valence-corrected chi connectivity index (χ0v) is 24.7. The van der Waals surface area contributed by atoms with Crippen LogP contribution in [-0.2, 0) is 0 Å². The molecule has 41 heavy (non-hydrogen) atoms. The SMILES string of the molecule is COc1cc(N2C[C@H]3CCCN(C)[C@H]3C2)c([N+](=O)[O-])cc1Nc1ncc(Br)c(-c2cn(C3CC3)c3ccccc23)n1. The predicted molar refractivity (Wildman–Crippen MR) is 163 cm³/mol. The topological polar surface area (TPSA) is 102 Å². The summed E-state index contributed by atoms with van der Waals surface area (Å²) in [6.07, 6.45) is 8.56. The monoisotopic (exact) mass is 617 g/mol. The van der Waals surface area contributed by atoms with E-state index in [1.165, 1.54) is 18.4 Å². The molecule has 0 radical (unpaired) electrons. The molecule has 0 bridgehead atoms. The average molecular weight is 619 g/mol. The summed E-state index contributed by atoms with van der Waals surface area (Å²) >= 11 is 3.65. The average Bonchev–Trinajstić information content (AvgIpc) is 3.60. The number of rotatable bonds is 7. The molecule has 3 aliphatic rings. The van der Waals surface area contributed by atoms with Crippen LogP contribution in [0, 0.1) is 16.0 Å². The lowest BCUT2D eigenvalue weighted by atomic mass is 9.93. The second kappa shape index (κ2) is 10.3. The number of hydrogen-bond donors (Lipinski definition) is 1. The quantitative estimate of drug-likeness (QED) is 0.188. The molecule has 11 heteroatoms. The van der Waals surface area contributed by atoms with E-state index in [1.807, 2.05) is 6.07 Å². The fourth-order valence-corrected chi connectivity index (χ4v) is 7.02. The Bertz CT molecular complexity index is 1650. The minimum Gasteiger partial charge on any atom is -0.494 e. The van der Waals surface area contributed by atoms with Crippen molar-refractivity contribution in [2.75, 3.05) is 44.0 Å². The van der Waals surface area contributed by atoms with Gasteiger partial charge in [-0.05, 0) is 67.2 Å². The van der Waals surface area contributed by atoms with E-state index in [0.717, 1.165) is 53.6 Å². The van der Waals surface area contributed by atoms with Gasteiger partial charge in [0.05, 0.1) is 27.9 Å². The largest absolute Gasteiger partial charge is 0.494 e. The van der Waals surface area contributed by atoms with Crippen LogP contribution in [0.15, 0.2) is 53.3 Å². The van der Waals surface area contributed by atoms with Gasteiger partial charge in [0, 0.05) is 66.2 Å². The molecule has 3 fully saturated rings. The lowest BCUT2D eigenvalue weighted by molar-refractivity contribution is -0.384. The molecule has 4 heterocycles. The number of halogens is 1. The van der Waals surface area contributed by atoms with Crippen LogP contribution in [0.2, 0.25) is 0 Å². The third kappa shape index (κ3) is 4.70. The minimum atomic E-state index is -0.313. The van der Waals surface area contributed by atoms with Gasteiger partial charge in [-0.1, -0.05) is 18.2 Å². The summed E-state index contributed by atoms with van der Waals surface area (Å²) in [5, 5.41) is 16.6. The number of likely N-dealkylation sites (tertiary alicyclic amines) is 1. The molecule has 2 aliphatic heterocycles. The van der Waals surface area contributed by atoms with Crippen LogP contribution in [0.25, 0.3) is 22.2 Å². The second-order valence-corrected chi connectivity index (χ2v) is 12.2. The number of nitrogens with zero attached hydrogens (tertiary/aromatic N) is 6. The summed E-state index contributed by atoms with van der Waals surface area (Å²) in [6.45, 7) is 2.64. The van der Waals surface area contributed by atoms with E-state index in [1.54, 1.807) is 25.4 Å².